The molecule has 114 valence electrons. The van der Waals surface area contributed by atoms with E-state index in [1.54, 1.807) is 13.8 Å². The van der Waals surface area contributed by atoms with Crippen LogP contribution >= 0.6 is 0 Å². The lowest BCUT2D eigenvalue weighted by molar-refractivity contribution is -0.385. The predicted molar refractivity (Wildman–Crippen MR) is 73.2 cm³/mol. The number of rotatable bonds is 6. The summed E-state index contributed by atoms with van der Waals surface area (Å²) in [6.45, 7) is 3.31. The molecule has 0 saturated heterocycles. The number of nitrogens with zero attached hydrogens (tertiary/aromatic N) is 1. The molecular weight excluding hydrogens is 280 g/mol. The molecule has 0 bridgehead atoms. The minimum Gasteiger partial charge on any atom is -0.502 e. The van der Waals surface area contributed by atoms with Gasteiger partial charge in [-0.15, -0.1) is 0 Å². The summed E-state index contributed by atoms with van der Waals surface area (Å²) in [7, 11) is 0. The van der Waals surface area contributed by atoms with Crippen LogP contribution in [0.2, 0.25) is 0 Å². The van der Waals surface area contributed by atoms with Crippen LogP contribution in [-0.4, -0.2) is 32.6 Å². The maximum absolute atomic E-state index is 12.0. The maximum atomic E-state index is 12.0. The number of amides is 1. The first-order chi connectivity index (χ1) is 9.62. The molecule has 1 aromatic rings. The molecule has 0 aromatic heterocycles. The molecule has 1 amide bonds. The molecule has 0 spiro atoms. The van der Waals surface area contributed by atoms with Gasteiger partial charge in [0.1, 0.15) is 0 Å². The number of carbonyl (C=O) groups is 2. The molecule has 0 aliphatic rings. The number of hydrogen-bond acceptors (Lipinski definition) is 5. The summed E-state index contributed by atoms with van der Waals surface area (Å²) in [5, 5.41) is 31.3. The lowest BCUT2D eigenvalue weighted by atomic mass is 9.97. The van der Waals surface area contributed by atoms with Crippen molar-refractivity contribution in [1.82, 2.24) is 5.32 Å². The Balaban J connectivity index is 2.87. The van der Waals surface area contributed by atoms with E-state index in [1.807, 2.05) is 0 Å². The number of nitrogens with one attached hydrogen (secondary N) is 1. The van der Waals surface area contributed by atoms with Crippen LogP contribution in [0.1, 0.15) is 37.0 Å². The van der Waals surface area contributed by atoms with Crippen LogP contribution in [0.3, 0.4) is 0 Å². The summed E-state index contributed by atoms with van der Waals surface area (Å²) < 4.78 is 0. The van der Waals surface area contributed by atoms with Crippen LogP contribution in [0.15, 0.2) is 18.2 Å². The fourth-order valence-electron chi connectivity index (χ4n) is 1.67. The topological polar surface area (TPSA) is 130 Å². The van der Waals surface area contributed by atoms with Crippen molar-refractivity contribution < 1.29 is 24.7 Å². The van der Waals surface area contributed by atoms with E-state index in [0.29, 0.717) is 0 Å². The molecule has 0 fully saturated rings. The van der Waals surface area contributed by atoms with E-state index >= 15 is 0 Å². The van der Waals surface area contributed by atoms with Gasteiger partial charge < -0.3 is 15.5 Å². The standard InChI is InChI=1S/C13H16N2O6/c1-13(2,6-5-11(17)18)14-12(19)8-3-4-10(16)9(7-8)15(20)21/h3-4,7,16H,5-6H2,1-2H3,(H,14,19)(H,17,18). The highest BCUT2D eigenvalue weighted by Crippen LogP contribution is 2.26. The molecule has 0 atom stereocenters. The first kappa shape index (κ1) is 16.4. The summed E-state index contributed by atoms with van der Waals surface area (Å²) in [5.41, 5.74) is -1.32. The Morgan fingerprint density at radius 1 is 1.38 bits per heavy atom. The van der Waals surface area contributed by atoms with Crippen molar-refractivity contribution in [2.75, 3.05) is 0 Å². The molecule has 0 aliphatic heterocycles. The SMILES string of the molecule is CC(C)(CCC(=O)O)NC(=O)c1ccc(O)c([N+](=O)[O-])c1. The van der Waals surface area contributed by atoms with Gasteiger partial charge in [0, 0.05) is 23.6 Å². The van der Waals surface area contributed by atoms with Crippen LogP contribution in [0.4, 0.5) is 5.69 Å². The first-order valence-corrected chi connectivity index (χ1v) is 6.14. The third-order valence-corrected chi connectivity index (χ3v) is 2.85. The number of nitro benzene ring substituents is 1. The van der Waals surface area contributed by atoms with E-state index in [1.165, 1.54) is 6.07 Å². The van der Waals surface area contributed by atoms with Crippen LogP contribution in [0, 0.1) is 10.1 Å². The Kier molecular flexibility index (Phi) is 4.85. The highest BCUT2D eigenvalue weighted by molar-refractivity contribution is 5.95. The fraction of sp³-hybridized carbons (Fsp3) is 0.385. The smallest absolute Gasteiger partial charge is 0.311 e. The highest BCUT2D eigenvalue weighted by atomic mass is 16.6. The van der Waals surface area contributed by atoms with Gasteiger partial charge in [0.25, 0.3) is 5.91 Å². The quantitative estimate of drug-likeness (QED) is 0.540. The minimum absolute atomic E-state index is 0.0166. The Bertz CT molecular complexity index is 582. The molecule has 8 heteroatoms. The summed E-state index contributed by atoms with van der Waals surface area (Å²) in [4.78, 5) is 32.5. The lowest BCUT2D eigenvalue weighted by Crippen LogP contribution is -2.43. The maximum Gasteiger partial charge on any atom is 0.311 e. The zero-order valence-electron chi connectivity index (χ0n) is 11.6. The second-order valence-electron chi connectivity index (χ2n) is 5.19. The van der Waals surface area contributed by atoms with E-state index in [4.69, 9.17) is 5.11 Å². The van der Waals surface area contributed by atoms with E-state index in [0.717, 1.165) is 12.1 Å². The molecule has 0 unspecified atom stereocenters. The summed E-state index contributed by atoms with van der Waals surface area (Å²) >= 11 is 0. The number of aromatic hydroxyl groups is 1. The van der Waals surface area contributed by atoms with Crippen molar-refractivity contribution in [3.8, 4) is 5.75 Å². The Labute approximate surface area is 120 Å². The molecule has 0 radical (unpaired) electrons. The average molecular weight is 296 g/mol. The minimum atomic E-state index is -0.974. The normalized spacial score (nSPS) is 11.0. The largest absolute Gasteiger partial charge is 0.502 e. The van der Waals surface area contributed by atoms with Crippen LogP contribution in [0.25, 0.3) is 0 Å². The van der Waals surface area contributed by atoms with Gasteiger partial charge in [0.2, 0.25) is 0 Å². The molecule has 1 rings (SSSR count). The second-order valence-corrected chi connectivity index (χ2v) is 5.19. The Morgan fingerprint density at radius 3 is 2.52 bits per heavy atom. The number of phenolic OH excluding ortho intramolecular Hbond substituents is 1. The Hall–Kier alpha value is -2.64. The number of carboxylic acid groups (broad SMARTS) is 1. The molecular formula is C13H16N2O6. The first-order valence-electron chi connectivity index (χ1n) is 6.14. The molecule has 8 nitrogen and oxygen atoms in total. The average Bonchev–Trinajstić information content (AvgIpc) is 2.36. The molecule has 0 aliphatic carbocycles. The van der Waals surface area contributed by atoms with Crippen LogP contribution in [0.5, 0.6) is 5.75 Å². The van der Waals surface area contributed by atoms with E-state index < -0.39 is 33.8 Å². The van der Waals surface area contributed by atoms with Crippen molar-refractivity contribution in [2.45, 2.75) is 32.2 Å². The van der Waals surface area contributed by atoms with Crippen molar-refractivity contribution in [2.24, 2.45) is 0 Å². The fourth-order valence-corrected chi connectivity index (χ4v) is 1.67. The number of aliphatic carboxylic acids is 1. The molecule has 0 saturated carbocycles. The summed E-state index contributed by atoms with van der Waals surface area (Å²) in [6, 6.07) is 3.29. The van der Waals surface area contributed by atoms with Gasteiger partial charge in [-0.25, -0.2) is 0 Å². The zero-order chi connectivity index (χ0) is 16.2. The van der Waals surface area contributed by atoms with Gasteiger partial charge in [-0.1, -0.05) is 0 Å². The number of carbonyl (C=O) groups excluding carboxylic acids is 1. The van der Waals surface area contributed by atoms with E-state index in [2.05, 4.69) is 5.32 Å². The van der Waals surface area contributed by atoms with Gasteiger partial charge in [-0.3, -0.25) is 19.7 Å². The van der Waals surface area contributed by atoms with Gasteiger partial charge in [0.05, 0.1) is 4.92 Å². The van der Waals surface area contributed by atoms with Crippen LogP contribution in [-0.2, 0) is 4.79 Å². The van der Waals surface area contributed by atoms with E-state index in [-0.39, 0.29) is 18.4 Å². The monoisotopic (exact) mass is 296 g/mol. The van der Waals surface area contributed by atoms with Crippen LogP contribution < -0.4 is 5.32 Å². The molecule has 21 heavy (non-hydrogen) atoms. The third kappa shape index (κ3) is 4.75. The number of nitro groups is 1. The van der Waals surface area contributed by atoms with Crippen molar-refractivity contribution in [3.63, 3.8) is 0 Å². The third-order valence-electron chi connectivity index (χ3n) is 2.85. The van der Waals surface area contributed by atoms with E-state index in [9.17, 15) is 24.8 Å². The Morgan fingerprint density at radius 2 is 2.00 bits per heavy atom. The van der Waals surface area contributed by atoms with Gasteiger partial charge in [0.15, 0.2) is 5.75 Å². The highest BCUT2D eigenvalue weighted by Gasteiger charge is 2.24. The van der Waals surface area contributed by atoms with Gasteiger partial charge >= 0.3 is 11.7 Å². The number of phenols is 1. The molecule has 3 N–H and O–H groups in total. The number of benzene rings is 1. The summed E-state index contributed by atoms with van der Waals surface area (Å²) in [5.74, 6) is -2.08. The van der Waals surface area contributed by atoms with Crippen molar-refractivity contribution in [1.29, 1.82) is 0 Å². The lowest BCUT2D eigenvalue weighted by Gasteiger charge is -2.25. The predicted octanol–water partition coefficient (Wildman–Crippen LogP) is 1.67. The second kappa shape index (κ2) is 6.21. The van der Waals surface area contributed by atoms with Gasteiger partial charge in [-0.05, 0) is 32.4 Å². The molecule has 1 aromatic carbocycles. The summed E-state index contributed by atoms with van der Waals surface area (Å²) in [6.07, 6.45) is 0.108. The number of carboxylic acids is 1. The zero-order valence-corrected chi connectivity index (χ0v) is 11.6. The molecule has 0 heterocycles. The number of hydrogen-bond donors (Lipinski definition) is 3. The van der Waals surface area contributed by atoms with Crippen molar-refractivity contribution in [3.05, 3.63) is 33.9 Å². The van der Waals surface area contributed by atoms with Gasteiger partial charge in [-0.2, -0.15) is 0 Å². The van der Waals surface area contributed by atoms with Crippen molar-refractivity contribution >= 4 is 17.6 Å².